The number of hydrogen-bond donors (Lipinski definition) is 2. The van der Waals surface area contributed by atoms with Crippen LogP contribution in [0.4, 0.5) is 0 Å². The highest BCUT2D eigenvalue weighted by Gasteiger charge is 2.15. The highest BCUT2D eigenvalue weighted by molar-refractivity contribution is 7.47. The largest absolute Gasteiger partial charge is 0.566 e. The fraction of sp³-hybridized carbons (Fsp3) is 0. The van der Waals surface area contributed by atoms with E-state index in [0.717, 1.165) is 0 Å². The molecule has 8 heavy (non-hydrogen) atoms. The minimum atomic E-state index is -2.23. The fourth-order valence-electron chi connectivity index (χ4n) is 0.355. The molecule has 0 radical (unpaired) electrons. The molecule has 4 nitrogen and oxygen atoms in total. The van der Waals surface area contributed by atoms with E-state index in [0.29, 0.717) is 0 Å². The van der Waals surface area contributed by atoms with Crippen molar-refractivity contribution in [2.24, 2.45) is 0 Å². The second-order valence-corrected chi connectivity index (χ2v) is 2.24. The summed E-state index contributed by atoms with van der Waals surface area (Å²) in [5.74, 6) is 0. The molecule has 1 aromatic rings. The Morgan fingerprint density at radius 2 is 2.62 bits per heavy atom. The van der Waals surface area contributed by atoms with Crippen LogP contribution in [0.25, 0.3) is 0 Å². The van der Waals surface area contributed by atoms with Gasteiger partial charge < -0.3 is 0 Å². The van der Waals surface area contributed by atoms with Gasteiger partial charge in [-0.3, -0.25) is 0 Å². The van der Waals surface area contributed by atoms with E-state index in [1.807, 2.05) is 0 Å². The van der Waals surface area contributed by atoms with Crippen LogP contribution in [0.1, 0.15) is 0 Å². The van der Waals surface area contributed by atoms with E-state index in [-0.39, 0.29) is 5.44 Å². The maximum atomic E-state index is 10.1. The first-order valence-corrected chi connectivity index (χ1v) is 3.17. The summed E-state index contributed by atoms with van der Waals surface area (Å²) >= 11 is 0. The Kier molecular flexibility index (Phi) is 1.37. The van der Waals surface area contributed by atoms with E-state index in [2.05, 4.69) is 10.2 Å². The second-order valence-electron chi connectivity index (χ2n) is 1.21. The van der Waals surface area contributed by atoms with Gasteiger partial charge in [-0.2, -0.15) is 9.99 Å². The third kappa shape index (κ3) is 0.911. The van der Waals surface area contributed by atoms with Crippen LogP contribution in [0.2, 0.25) is 0 Å². The first-order valence-electron chi connectivity index (χ1n) is 1.96. The maximum Gasteiger partial charge on any atom is 0.566 e. The highest BCUT2D eigenvalue weighted by Crippen LogP contribution is 2.08. The van der Waals surface area contributed by atoms with Crippen molar-refractivity contribution >= 4 is 13.5 Å². The molecule has 1 rings (SSSR count). The number of nitrogens with one attached hydrogen (secondary N) is 1. The van der Waals surface area contributed by atoms with E-state index in [4.69, 9.17) is 4.89 Å². The lowest BCUT2D eigenvalue weighted by molar-refractivity contribution is 0.512. The van der Waals surface area contributed by atoms with Gasteiger partial charge in [0.2, 0.25) is 0 Å². The molecule has 2 N–H and O–H groups in total. The monoisotopic (exact) mass is 131 g/mol. The third-order valence-corrected chi connectivity index (χ3v) is 1.35. The van der Waals surface area contributed by atoms with E-state index in [1.165, 1.54) is 12.3 Å². The van der Waals surface area contributed by atoms with Crippen LogP contribution in [0.3, 0.4) is 0 Å². The van der Waals surface area contributed by atoms with Gasteiger partial charge in [0.15, 0.2) is 0 Å². The lowest BCUT2D eigenvalue weighted by Gasteiger charge is -1.63. The van der Waals surface area contributed by atoms with Crippen molar-refractivity contribution in [2.75, 3.05) is 0 Å². The van der Waals surface area contributed by atoms with Crippen LogP contribution in [0.15, 0.2) is 12.3 Å². The van der Waals surface area contributed by atoms with Crippen molar-refractivity contribution in [3.8, 4) is 0 Å². The molecule has 0 bridgehead atoms. The van der Waals surface area contributed by atoms with Gasteiger partial charge >= 0.3 is 13.5 Å². The zero-order valence-electron chi connectivity index (χ0n) is 3.90. The van der Waals surface area contributed by atoms with Crippen molar-refractivity contribution in [3.05, 3.63) is 12.3 Å². The quantitative estimate of drug-likeness (QED) is 0.517. The number of aromatic nitrogens is 2. The SMILES string of the molecule is O=[P+](O)c1ccn[nH]1. The van der Waals surface area contributed by atoms with Crippen molar-refractivity contribution < 1.29 is 9.46 Å². The molecule has 1 unspecified atom stereocenters. The van der Waals surface area contributed by atoms with Crippen LogP contribution in [-0.2, 0) is 4.57 Å². The molecular weight excluding hydrogens is 127 g/mol. The Morgan fingerprint density at radius 1 is 1.88 bits per heavy atom. The van der Waals surface area contributed by atoms with Gasteiger partial charge in [-0.25, -0.2) is 5.10 Å². The third-order valence-electron chi connectivity index (χ3n) is 0.692. The van der Waals surface area contributed by atoms with Crippen LogP contribution < -0.4 is 5.44 Å². The highest BCUT2D eigenvalue weighted by atomic mass is 31.1. The predicted molar refractivity (Wildman–Crippen MR) is 28.0 cm³/mol. The lowest BCUT2D eigenvalue weighted by Crippen LogP contribution is -1.94. The van der Waals surface area contributed by atoms with Crippen molar-refractivity contribution in [1.82, 2.24) is 10.2 Å². The Morgan fingerprint density at radius 3 is 2.88 bits per heavy atom. The molecule has 0 amide bonds. The fourth-order valence-corrected chi connectivity index (χ4v) is 0.693. The molecular formula is C3H4N2O2P+. The zero-order valence-corrected chi connectivity index (χ0v) is 4.80. The number of H-pyrrole nitrogens is 1. The average molecular weight is 131 g/mol. The van der Waals surface area contributed by atoms with Crippen molar-refractivity contribution in [3.63, 3.8) is 0 Å². The van der Waals surface area contributed by atoms with Gasteiger partial charge in [0.05, 0.1) is 6.20 Å². The van der Waals surface area contributed by atoms with Gasteiger partial charge in [-0.05, 0) is 4.57 Å². The summed E-state index contributed by atoms with van der Waals surface area (Å²) in [6.07, 6.45) is 1.43. The molecule has 0 saturated carbocycles. The lowest BCUT2D eigenvalue weighted by atomic mass is 10.8. The first kappa shape index (κ1) is 5.41. The van der Waals surface area contributed by atoms with Crippen LogP contribution >= 0.6 is 8.03 Å². The molecule has 0 aromatic carbocycles. The molecule has 42 valence electrons. The molecule has 0 aliphatic rings. The van der Waals surface area contributed by atoms with Gasteiger partial charge in [-0.15, -0.1) is 0 Å². The molecule has 5 heteroatoms. The van der Waals surface area contributed by atoms with Crippen molar-refractivity contribution in [1.29, 1.82) is 0 Å². The standard InChI is InChI=1S/C3H3N2O2P/c6-8(7)3-1-2-4-5-3/h1-2H,(H-,4,5,6,7)/p+1. The number of aromatic amines is 1. The Hall–Kier alpha value is -0.730. The minimum absolute atomic E-state index is 0.264. The minimum Gasteiger partial charge on any atom is -0.236 e. The summed E-state index contributed by atoms with van der Waals surface area (Å²) in [6, 6.07) is 1.46. The van der Waals surface area contributed by atoms with Gasteiger partial charge in [0.1, 0.15) is 0 Å². The van der Waals surface area contributed by atoms with Crippen LogP contribution in [-0.4, -0.2) is 15.1 Å². The Bertz CT molecular complexity index is 183. The Balaban J connectivity index is 2.93. The van der Waals surface area contributed by atoms with E-state index < -0.39 is 8.03 Å². The molecule has 1 heterocycles. The zero-order chi connectivity index (χ0) is 5.98. The number of nitrogens with zero attached hydrogens (tertiary/aromatic N) is 1. The average Bonchev–Trinajstić information content (AvgIpc) is 2.12. The smallest absolute Gasteiger partial charge is 0.236 e. The Labute approximate surface area is 46.4 Å². The molecule has 0 aliphatic carbocycles. The molecule has 1 atom stereocenters. The molecule has 1 aromatic heterocycles. The topological polar surface area (TPSA) is 66.0 Å². The van der Waals surface area contributed by atoms with Crippen molar-refractivity contribution in [2.45, 2.75) is 0 Å². The summed E-state index contributed by atoms with van der Waals surface area (Å²) in [7, 11) is -2.23. The van der Waals surface area contributed by atoms with Crippen LogP contribution in [0, 0.1) is 0 Å². The number of hydrogen-bond acceptors (Lipinski definition) is 2. The van der Waals surface area contributed by atoms with Gasteiger partial charge in [0, 0.05) is 6.07 Å². The maximum absolute atomic E-state index is 10.1. The molecule has 0 saturated heterocycles. The normalized spacial score (nSPS) is 11.4. The second kappa shape index (κ2) is 2.03. The van der Waals surface area contributed by atoms with E-state index in [9.17, 15) is 4.57 Å². The molecule has 0 fully saturated rings. The van der Waals surface area contributed by atoms with Crippen LogP contribution in [0.5, 0.6) is 0 Å². The summed E-state index contributed by atoms with van der Waals surface area (Å²) in [6.45, 7) is 0. The summed E-state index contributed by atoms with van der Waals surface area (Å²) in [5.41, 5.74) is 0.264. The summed E-state index contributed by atoms with van der Waals surface area (Å²) in [4.78, 5) is 8.35. The summed E-state index contributed by atoms with van der Waals surface area (Å²) in [5, 5.41) is 5.83. The summed E-state index contributed by atoms with van der Waals surface area (Å²) < 4.78 is 10.1. The van der Waals surface area contributed by atoms with Gasteiger partial charge in [0.25, 0.3) is 0 Å². The molecule has 0 aliphatic heterocycles. The number of rotatable bonds is 1. The first-order chi connectivity index (χ1) is 3.80. The van der Waals surface area contributed by atoms with E-state index in [1.54, 1.807) is 0 Å². The predicted octanol–water partition coefficient (Wildman–Crippen LogP) is -0.230. The van der Waals surface area contributed by atoms with Gasteiger partial charge in [-0.1, -0.05) is 0 Å². The van der Waals surface area contributed by atoms with E-state index >= 15 is 0 Å². The molecule has 0 spiro atoms.